The summed E-state index contributed by atoms with van der Waals surface area (Å²) >= 11 is 0. The Kier molecular flexibility index (Phi) is 5.53. The van der Waals surface area contributed by atoms with E-state index in [1.165, 1.54) is 37.7 Å². The van der Waals surface area contributed by atoms with E-state index in [0.717, 1.165) is 5.92 Å². The van der Waals surface area contributed by atoms with Gasteiger partial charge in [0.05, 0.1) is 0 Å². The molecule has 3 heteroatoms. The maximum absolute atomic E-state index is 8.56. The minimum absolute atomic E-state index is 0.885. The molecule has 0 saturated heterocycles. The molecule has 0 amide bonds. The normalized spacial score (nSPS) is 14.4. The summed E-state index contributed by atoms with van der Waals surface area (Å²) in [6.07, 6.45) is 4.90. The van der Waals surface area contributed by atoms with Crippen LogP contribution in [0.15, 0.2) is 24.3 Å². The summed E-state index contributed by atoms with van der Waals surface area (Å²) in [6.45, 7) is 2.24. The Balaban J connectivity index is 0.000000317. The molecule has 0 atom stereocenters. The summed E-state index contributed by atoms with van der Waals surface area (Å²) in [6, 6.07) is 9.26. The van der Waals surface area contributed by atoms with E-state index in [2.05, 4.69) is 31.2 Å². The Hall–Kier alpha value is -1.51. The van der Waals surface area contributed by atoms with Crippen LogP contribution in [0.4, 0.5) is 4.79 Å². The molecule has 0 bridgehead atoms. The van der Waals surface area contributed by atoms with Crippen LogP contribution in [0, 0.1) is 0 Å². The van der Waals surface area contributed by atoms with Crippen LogP contribution >= 0.6 is 0 Å². The van der Waals surface area contributed by atoms with Gasteiger partial charge in [-0.3, -0.25) is 0 Å². The number of aryl methyl sites for hydroxylation is 1. The van der Waals surface area contributed by atoms with Crippen molar-refractivity contribution in [2.24, 2.45) is 0 Å². The Morgan fingerprint density at radius 3 is 2.12 bits per heavy atom. The molecule has 1 aromatic rings. The van der Waals surface area contributed by atoms with Crippen LogP contribution in [0.1, 0.15) is 49.7 Å². The Bertz CT molecular complexity index is 335. The minimum atomic E-state index is -1.83. The molecule has 1 fully saturated rings. The summed E-state index contributed by atoms with van der Waals surface area (Å²) in [5.41, 5.74) is 3.05. The highest BCUT2D eigenvalue weighted by Crippen LogP contribution is 2.36. The molecule has 1 saturated carbocycles. The smallest absolute Gasteiger partial charge is 0.450 e. The van der Waals surface area contributed by atoms with Crippen LogP contribution in [0.3, 0.4) is 0 Å². The number of carboxylic acid groups (broad SMARTS) is 2. The third kappa shape index (κ3) is 4.89. The Morgan fingerprint density at radius 1 is 1.24 bits per heavy atom. The standard InChI is InChI=1S/C13H18.CH2O3/c1-2-4-11-7-9-13(10-8-11)12-5-3-6-12;2-1(3)4/h7-10,12H,2-6H2,1H3;(H2,2,3,4). The molecule has 1 aliphatic rings. The van der Waals surface area contributed by atoms with Crippen LogP contribution in [0.2, 0.25) is 0 Å². The van der Waals surface area contributed by atoms with E-state index in [1.807, 2.05) is 0 Å². The first-order chi connectivity index (χ1) is 8.13. The molecule has 94 valence electrons. The molecular weight excluding hydrogens is 216 g/mol. The van der Waals surface area contributed by atoms with Crippen molar-refractivity contribution in [1.82, 2.24) is 0 Å². The van der Waals surface area contributed by atoms with E-state index in [4.69, 9.17) is 15.0 Å². The minimum Gasteiger partial charge on any atom is -0.450 e. The van der Waals surface area contributed by atoms with Gasteiger partial charge in [-0.15, -0.1) is 0 Å². The second kappa shape index (κ2) is 6.94. The molecule has 0 radical (unpaired) electrons. The first-order valence-corrected chi connectivity index (χ1v) is 6.14. The zero-order chi connectivity index (χ0) is 12.7. The molecule has 0 aromatic heterocycles. The van der Waals surface area contributed by atoms with Gasteiger partial charge in [-0.1, -0.05) is 44.0 Å². The number of rotatable bonds is 3. The van der Waals surface area contributed by atoms with Gasteiger partial charge in [-0.2, -0.15) is 0 Å². The molecule has 17 heavy (non-hydrogen) atoms. The SMILES string of the molecule is CCCc1ccc(C2CCC2)cc1.O=C(O)O. The first kappa shape index (κ1) is 13.6. The number of benzene rings is 1. The fourth-order valence-corrected chi connectivity index (χ4v) is 1.99. The largest absolute Gasteiger partial charge is 0.503 e. The van der Waals surface area contributed by atoms with Gasteiger partial charge in [0, 0.05) is 0 Å². The van der Waals surface area contributed by atoms with Crippen LogP contribution < -0.4 is 0 Å². The topological polar surface area (TPSA) is 57.5 Å². The van der Waals surface area contributed by atoms with E-state index in [1.54, 1.807) is 5.56 Å². The molecule has 1 aromatic carbocycles. The third-order valence-electron chi connectivity index (χ3n) is 3.09. The Labute approximate surface area is 102 Å². The molecular formula is C14H20O3. The van der Waals surface area contributed by atoms with Crippen molar-refractivity contribution in [3.05, 3.63) is 35.4 Å². The predicted octanol–water partition coefficient (Wildman–Crippen LogP) is 4.13. The highest BCUT2D eigenvalue weighted by atomic mass is 16.6. The van der Waals surface area contributed by atoms with E-state index in [9.17, 15) is 0 Å². The highest BCUT2D eigenvalue weighted by molar-refractivity contribution is 5.53. The first-order valence-electron chi connectivity index (χ1n) is 6.14. The lowest BCUT2D eigenvalue weighted by atomic mass is 9.80. The predicted molar refractivity (Wildman–Crippen MR) is 67.7 cm³/mol. The van der Waals surface area contributed by atoms with Gasteiger partial charge in [0.2, 0.25) is 0 Å². The molecule has 0 unspecified atom stereocenters. The number of hydrogen-bond acceptors (Lipinski definition) is 1. The second-order valence-electron chi connectivity index (χ2n) is 4.40. The number of hydrogen-bond donors (Lipinski definition) is 2. The van der Waals surface area contributed by atoms with E-state index in [0.29, 0.717) is 0 Å². The molecule has 0 aliphatic heterocycles. The molecule has 0 heterocycles. The average molecular weight is 236 g/mol. The number of carbonyl (C=O) groups is 1. The van der Waals surface area contributed by atoms with Gasteiger partial charge in [0.15, 0.2) is 0 Å². The van der Waals surface area contributed by atoms with Crippen LogP contribution in [0.25, 0.3) is 0 Å². The zero-order valence-electron chi connectivity index (χ0n) is 10.2. The van der Waals surface area contributed by atoms with Crippen molar-refractivity contribution >= 4 is 6.16 Å². The van der Waals surface area contributed by atoms with Crippen LogP contribution in [-0.2, 0) is 6.42 Å². The van der Waals surface area contributed by atoms with Crippen LogP contribution in [-0.4, -0.2) is 16.4 Å². The van der Waals surface area contributed by atoms with E-state index >= 15 is 0 Å². The van der Waals surface area contributed by atoms with E-state index < -0.39 is 6.16 Å². The lowest BCUT2D eigenvalue weighted by molar-refractivity contribution is 0.137. The van der Waals surface area contributed by atoms with Crippen molar-refractivity contribution in [1.29, 1.82) is 0 Å². The van der Waals surface area contributed by atoms with Gasteiger partial charge in [0.25, 0.3) is 0 Å². The molecule has 2 N–H and O–H groups in total. The molecule has 1 aliphatic carbocycles. The van der Waals surface area contributed by atoms with Crippen molar-refractivity contribution in [3.8, 4) is 0 Å². The second-order valence-corrected chi connectivity index (χ2v) is 4.40. The highest BCUT2D eigenvalue weighted by Gasteiger charge is 2.18. The maximum Gasteiger partial charge on any atom is 0.503 e. The summed E-state index contributed by atoms with van der Waals surface area (Å²) < 4.78 is 0. The lowest BCUT2D eigenvalue weighted by Crippen LogP contribution is -2.08. The molecule has 0 spiro atoms. The van der Waals surface area contributed by atoms with E-state index in [-0.39, 0.29) is 0 Å². The fourth-order valence-electron chi connectivity index (χ4n) is 1.99. The van der Waals surface area contributed by atoms with Crippen LogP contribution in [0.5, 0.6) is 0 Å². The summed E-state index contributed by atoms with van der Waals surface area (Å²) in [5, 5.41) is 13.9. The zero-order valence-corrected chi connectivity index (χ0v) is 10.2. The summed E-state index contributed by atoms with van der Waals surface area (Å²) in [4.78, 5) is 8.56. The van der Waals surface area contributed by atoms with Crippen molar-refractivity contribution in [3.63, 3.8) is 0 Å². The quantitative estimate of drug-likeness (QED) is 0.829. The Morgan fingerprint density at radius 2 is 1.76 bits per heavy atom. The maximum atomic E-state index is 8.56. The van der Waals surface area contributed by atoms with Crippen molar-refractivity contribution in [2.75, 3.05) is 0 Å². The molecule has 2 rings (SSSR count). The van der Waals surface area contributed by atoms with Gasteiger partial charge in [-0.05, 0) is 36.3 Å². The molecule has 3 nitrogen and oxygen atoms in total. The summed E-state index contributed by atoms with van der Waals surface area (Å²) in [5.74, 6) is 0.885. The third-order valence-corrected chi connectivity index (χ3v) is 3.09. The van der Waals surface area contributed by atoms with Crippen molar-refractivity contribution in [2.45, 2.75) is 44.9 Å². The average Bonchev–Trinajstić information content (AvgIpc) is 2.18. The van der Waals surface area contributed by atoms with Crippen molar-refractivity contribution < 1.29 is 15.0 Å². The monoisotopic (exact) mass is 236 g/mol. The lowest BCUT2D eigenvalue weighted by Gasteiger charge is -2.25. The van der Waals surface area contributed by atoms with Gasteiger partial charge >= 0.3 is 6.16 Å². The van der Waals surface area contributed by atoms with Gasteiger partial charge in [-0.25, -0.2) is 4.79 Å². The fraction of sp³-hybridized carbons (Fsp3) is 0.500. The van der Waals surface area contributed by atoms with Gasteiger partial charge < -0.3 is 10.2 Å². The van der Waals surface area contributed by atoms with Gasteiger partial charge in [0.1, 0.15) is 0 Å². The summed E-state index contributed by atoms with van der Waals surface area (Å²) in [7, 11) is 0.